The van der Waals surface area contributed by atoms with Crippen molar-refractivity contribution in [2.45, 2.75) is 12.0 Å². The number of morpholine rings is 1. The molecule has 0 radical (unpaired) electrons. The van der Waals surface area contributed by atoms with Crippen LogP contribution in [0.2, 0.25) is 0 Å². The molecule has 0 spiro atoms. The minimum Gasteiger partial charge on any atom is -0.449 e. The van der Waals surface area contributed by atoms with E-state index in [4.69, 9.17) is 9.47 Å². The predicted molar refractivity (Wildman–Crippen MR) is 106 cm³/mol. The van der Waals surface area contributed by atoms with Gasteiger partial charge in [0, 0.05) is 32.1 Å². The van der Waals surface area contributed by atoms with Crippen molar-refractivity contribution in [2.75, 3.05) is 46.0 Å². The zero-order valence-electron chi connectivity index (χ0n) is 15.8. The van der Waals surface area contributed by atoms with Crippen LogP contribution in [0.1, 0.15) is 17.0 Å². The third-order valence-electron chi connectivity index (χ3n) is 5.40. The number of aliphatic hydroxyl groups excluding tert-OH is 1. The van der Waals surface area contributed by atoms with Crippen molar-refractivity contribution in [1.82, 2.24) is 10.2 Å². The lowest BCUT2D eigenvalue weighted by atomic mass is 9.98. The second kappa shape index (κ2) is 8.73. The quantitative estimate of drug-likeness (QED) is 0.802. The van der Waals surface area contributed by atoms with Crippen LogP contribution in [0.15, 0.2) is 48.5 Å². The Morgan fingerprint density at radius 1 is 1.11 bits per heavy atom. The van der Waals surface area contributed by atoms with Crippen molar-refractivity contribution < 1.29 is 19.4 Å². The highest BCUT2D eigenvalue weighted by molar-refractivity contribution is 5.79. The second-order valence-electron chi connectivity index (χ2n) is 7.27. The monoisotopic (exact) mass is 382 g/mol. The zero-order chi connectivity index (χ0) is 19.3. The maximum absolute atomic E-state index is 12.1. The minimum absolute atomic E-state index is 0.0384. The normalized spacial score (nSPS) is 17.6. The van der Waals surface area contributed by atoms with Crippen molar-refractivity contribution in [3.05, 3.63) is 59.7 Å². The Bertz CT molecular complexity index is 774. The highest BCUT2D eigenvalue weighted by atomic mass is 16.5. The first-order valence-corrected chi connectivity index (χ1v) is 9.79. The van der Waals surface area contributed by atoms with Crippen LogP contribution < -0.4 is 5.32 Å². The van der Waals surface area contributed by atoms with E-state index in [2.05, 4.69) is 34.5 Å². The number of benzene rings is 2. The SMILES string of the molecule is O=C(NCC(O)CN1CCOCC1)OCC1c2ccccc2-c2ccccc21. The van der Waals surface area contributed by atoms with Gasteiger partial charge < -0.3 is 19.9 Å². The van der Waals surface area contributed by atoms with Gasteiger partial charge in [-0.3, -0.25) is 4.90 Å². The number of ether oxygens (including phenoxy) is 2. The Kier molecular flexibility index (Phi) is 5.90. The number of β-amino-alcohol motifs (C(OH)–C–C–N with tert-alkyl or cyclic N) is 1. The van der Waals surface area contributed by atoms with Gasteiger partial charge in [-0.1, -0.05) is 48.5 Å². The largest absolute Gasteiger partial charge is 0.449 e. The molecule has 1 saturated heterocycles. The summed E-state index contributed by atoms with van der Waals surface area (Å²) in [7, 11) is 0. The summed E-state index contributed by atoms with van der Waals surface area (Å²) in [4.78, 5) is 14.3. The van der Waals surface area contributed by atoms with E-state index in [9.17, 15) is 9.90 Å². The van der Waals surface area contributed by atoms with E-state index in [-0.39, 0.29) is 19.1 Å². The third-order valence-corrected chi connectivity index (χ3v) is 5.40. The van der Waals surface area contributed by atoms with Crippen LogP contribution in [0.5, 0.6) is 0 Å². The summed E-state index contributed by atoms with van der Waals surface area (Å²) in [6.45, 7) is 3.96. The lowest BCUT2D eigenvalue weighted by Gasteiger charge is -2.28. The van der Waals surface area contributed by atoms with Gasteiger partial charge >= 0.3 is 6.09 Å². The first kappa shape index (κ1) is 18.9. The average molecular weight is 382 g/mol. The Labute approximate surface area is 165 Å². The van der Waals surface area contributed by atoms with Crippen molar-refractivity contribution in [3.8, 4) is 11.1 Å². The number of hydrogen-bond acceptors (Lipinski definition) is 5. The minimum atomic E-state index is -0.626. The molecule has 1 unspecified atom stereocenters. The molecule has 1 heterocycles. The van der Waals surface area contributed by atoms with E-state index in [1.807, 2.05) is 24.3 Å². The maximum Gasteiger partial charge on any atom is 0.407 e. The van der Waals surface area contributed by atoms with Crippen LogP contribution in [0.25, 0.3) is 11.1 Å². The number of nitrogens with zero attached hydrogens (tertiary/aromatic N) is 1. The van der Waals surface area contributed by atoms with Crippen molar-refractivity contribution in [2.24, 2.45) is 0 Å². The fourth-order valence-electron chi connectivity index (χ4n) is 4.00. The first-order chi connectivity index (χ1) is 13.7. The molecule has 148 valence electrons. The summed E-state index contributed by atoms with van der Waals surface area (Å²) < 4.78 is 10.8. The van der Waals surface area contributed by atoms with Gasteiger partial charge in [0.15, 0.2) is 0 Å². The molecule has 6 nitrogen and oxygen atoms in total. The number of aliphatic hydroxyl groups is 1. The van der Waals surface area contributed by atoms with Crippen LogP contribution in [-0.2, 0) is 9.47 Å². The lowest BCUT2D eigenvalue weighted by Crippen LogP contribution is -2.44. The number of nitrogens with one attached hydrogen (secondary N) is 1. The van der Waals surface area contributed by atoms with Crippen LogP contribution in [0, 0.1) is 0 Å². The van der Waals surface area contributed by atoms with Crippen LogP contribution >= 0.6 is 0 Å². The van der Waals surface area contributed by atoms with E-state index in [0.717, 1.165) is 13.1 Å². The Morgan fingerprint density at radius 2 is 1.71 bits per heavy atom. The van der Waals surface area contributed by atoms with Gasteiger partial charge in [0.2, 0.25) is 0 Å². The highest BCUT2D eigenvalue weighted by Gasteiger charge is 2.29. The molecular formula is C22H26N2O4. The summed E-state index contributed by atoms with van der Waals surface area (Å²) in [5.74, 6) is 0.0384. The third kappa shape index (κ3) is 4.19. The smallest absolute Gasteiger partial charge is 0.407 e. The molecule has 1 fully saturated rings. The van der Waals surface area contributed by atoms with Crippen LogP contribution in [-0.4, -0.2) is 68.2 Å². The van der Waals surface area contributed by atoms with Gasteiger partial charge in [-0.25, -0.2) is 4.79 Å². The van der Waals surface area contributed by atoms with Crippen molar-refractivity contribution >= 4 is 6.09 Å². The van der Waals surface area contributed by atoms with E-state index in [0.29, 0.717) is 19.8 Å². The molecule has 2 N–H and O–H groups in total. The maximum atomic E-state index is 12.1. The molecule has 1 amide bonds. The summed E-state index contributed by atoms with van der Waals surface area (Å²) in [6.07, 6.45) is -1.12. The van der Waals surface area contributed by atoms with Gasteiger partial charge in [0.05, 0.1) is 19.3 Å². The molecule has 0 aromatic heterocycles. The van der Waals surface area contributed by atoms with E-state index in [1.165, 1.54) is 22.3 Å². The molecule has 0 bridgehead atoms. The average Bonchev–Trinajstić information content (AvgIpc) is 3.05. The molecule has 4 rings (SSSR count). The van der Waals surface area contributed by atoms with Crippen LogP contribution in [0.3, 0.4) is 0 Å². The van der Waals surface area contributed by atoms with E-state index >= 15 is 0 Å². The van der Waals surface area contributed by atoms with Gasteiger partial charge in [0.1, 0.15) is 6.61 Å². The molecule has 6 heteroatoms. The standard InChI is InChI=1S/C22H26N2O4/c25-16(14-24-9-11-27-12-10-24)13-23-22(26)28-15-21-19-7-3-1-5-17(19)18-6-2-4-8-20(18)21/h1-8,16,21,25H,9-15H2,(H,23,26). The van der Waals surface area contributed by atoms with Crippen LogP contribution in [0.4, 0.5) is 4.79 Å². The second-order valence-corrected chi connectivity index (χ2v) is 7.27. The number of amides is 1. The molecule has 1 aliphatic carbocycles. The van der Waals surface area contributed by atoms with Crippen molar-refractivity contribution in [1.29, 1.82) is 0 Å². The number of carbonyl (C=O) groups excluding carboxylic acids is 1. The van der Waals surface area contributed by atoms with Gasteiger partial charge in [-0.15, -0.1) is 0 Å². The van der Waals surface area contributed by atoms with E-state index < -0.39 is 12.2 Å². The topological polar surface area (TPSA) is 71.0 Å². The number of alkyl carbamates (subject to hydrolysis) is 1. The number of hydrogen-bond donors (Lipinski definition) is 2. The Morgan fingerprint density at radius 3 is 2.36 bits per heavy atom. The molecule has 0 saturated carbocycles. The molecular weight excluding hydrogens is 356 g/mol. The zero-order valence-corrected chi connectivity index (χ0v) is 15.8. The van der Waals surface area contributed by atoms with Gasteiger partial charge in [0.25, 0.3) is 0 Å². The van der Waals surface area contributed by atoms with Crippen molar-refractivity contribution in [3.63, 3.8) is 0 Å². The molecule has 1 aliphatic heterocycles. The Hall–Kier alpha value is -2.41. The summed E-state index contributed by atoms with van der Waals surface area (Å²) >= 11 is 0. The summed E-state index contributed by atoms with van der Waals surface area (Å²) in [5, 5.41) is 12.8. The fraction of sp³-hybridized carbons (Fsp3) is 0.409. The molecule has 2 aliphatic rings. The van der Waals surface area contributed by atoms with Gasteiger partial charge in [-0.05, 0) is 22.3 Å². The Balaban J connectivity index is 1.29. The highest BCUT2D eigenvalue weighted by Crippen LogP contribution is 2.44. The fourth-order valence-corrected chi connectivity index (χ4v) is 4.00. The number of rotatable bonds is 6. The number of fused-ring (bicyclic) bond motifs is 3. The summed E-state index contributed by atoms with van der Waals surface area (Å²) in [5.41, 5.74) is 4.77. The molecule has 1 atom stereocenters. The molecule has 2 aromatic rings. The predicted octanol–water partition coefficient (Wildman–Crippen LogP) is 2.22. The van der Waals surface area contributed by atoms with Gasteiger partial charge in [-0.2, -0.15) is 0 Å². The summed E-state index contributed by atoms with van der Waals surface area (Å²) in [6, 6.07) is 16.5. The first-order valence-electron chi connectivity index (χ1n) is 9.79. The molecule has 2 aromatic carbocycles. The number of carbonyl (C=O) groups is 1. The molecule has 28 heavy (non-hydrogen) atoms. The lowest BCUT2D eigenvalue weighted by molar-refractivity contribution is 0.0147. The van der Waals surface area contributed by atoms with E-state index in [1.54, 1.807) is 0 Å².